The van der Waals surface area contributed by atoms with Gasteiger partial charge in [0.25, 0.3) is 5.91 Å². The van der Waals surface area contributed by atoms with Gasteiger partial charge in [0, 0.05) is 15.1 Å². The van der Waals surface area contributed by atoms with Crippen LogP contribution in [0, 0.1) is 3.57 Å². The summed E-state index contributed by atoms with van der Waals surface area (Å²) in [7, 11) is 0. The molecule has 1 aromatic rings. The average molecular weight is 428 g/mol. The molecule has 0 aromatic heterocycles. The minimum atomic E-state index is -0.776. The standard InChI is InChI=1S/C14H16Cl2INO2/c15-9-6-10(12(17)11(16)7-9)13(19)18-8-14(20)4-2-1-3-5-14/h6-7,20H,1-5,8H2,(H,18,19). The molecule has 2 N–H and O–H groups in total. The maximum atomic E-state index is 12.2. The van der Waals surface area contributed by atoms with E-state index >= 15 is 0 Å². The highest BCUT2D eigenvalue weighted by molar-refractivity contribution is 14.1. The average Bonchev–Trinajstić information content (AvgIpc) is 2.41. The summed E-state index contributed by atoms with van der Waals surface area (Å²) < 4.78 is 0.668. The van der Waals surface area contributed by atoms with Gasteiger partial charge in [-0.05, 0) is 47.6 Å². The molecule has 2 rings (SSSR count). The Hall–Kier alpha value is -0.0400. The summed E-state index contributed by atoms with van der Waals surface area (Å²) in [5.41, 5.74) is -0.329. The van der Waals surface area contributed by atoms with E-state index in [1.807, 2.05) is 22.6 Å². The first kappa shape index (κ1) is 16.3. The SMILES string of the molecule is O=C(NCC1(O)CCCCC1)c1cc(Cl)cc(Cl)c1I. The lowest BCUT2D eigenvalue weighted by atomic mass is 9.85. The van der Waals surface area contributed by atoms with E-state index in [9.17, 15) is 9.90 Å². The monoisotopic (exact) mass is 427 g/mol. The largest absolute Gasteiger partial charge is 0.388 e. The van der Waals surface area contributed by atoms with Gasteiger partial charge in [-0.25, -0.2) is 0 Å². The van der Waals surface area contributed by atoms with Crippen molar-refractivity contribution in [1.29, 1.82) is 0 Å². The van der Waals surface area contributed by atoms with Crippen molar-refractivity contribution in [2.45, 2.75) is 37.7 Å². The smallest absolute Gasteiger partial charge is 0.252 e. The molecule has 0 radical (unpaired) electrons. The second kappa shape index (κ2) is 6.81. The lowest BCUT2D eigenvalue weighted by Gasteiger charge is -2.32. The van der Waals surface area contributed by atoms with Crippen LogP contribution < -0.4 is 5.32 Å². The second-order valence-corrected chi connectivity index (χ2v) is 7.14. The highest BCUT2D eigenvalue weighted by Crippen LogP contribution is 2.29. The van der Waals surface area contributed by atoms with Gasteiger partial charge in [0.05, 0.1) is 16.2 Å². The molecule has 0 atom stereocenters. The number of carbonyl (C=O) groups is 1. The lowest BCUT2D eigenvalue weighted by Crippen LogP contribution is -2.44. The summed E-state index contributed by atoms with van der Waals surface area (Å²) in [5.74, 6) is -0.252. The van der Waals surface area contributed by atoms with E-state index in [0.717, 1.165) is 32.1 Å². The van der Waals surface area contributed by atoms with E-state index in [4.69, 9.17) is 23.2 Å². The van der Waals surface area contributed by atoms with Crippen LogP contribution in [0.4, 0.5) is 0 Å². The Balaban J connectivity index is 2.05. The molecule has 1 amide bonds. The van der Waals surface area contributed by atoms with E-state index in [2.05, 4.69) is 5.32 Å². The predicted octanol–water partition coefficient (Wildman–Crippen LogP) is 4.02. The van der Waals surface area contributed by atoms with Crippen LogP contribution in [-0.4, -0.2) is 23.2 Å². The number of benzene rings is 1. The van der Waals surface area contributed by atoms with Gasteiger partial charge in [-0.2, -0.15) is 0 Å². The first-order chi connectivity index (χ1) is 9.41. The fourth-order valence-corrected chi connectivity index (χ4v) is 3.50. The third kappa shape index (κ3) is 4.00. The van der Waals surface area contributed by atoms with E-state index in [0.29, 0.717) is 19.2 Å². The number of hydrogen-bond donors (Lipinski definition) is 2. The zero-order valence-electron chi connectivity index (χ0n) is 10.9. The van der Waals surface area contributed by atoms with Gasteiger partial charge in [-0.3, -0.25) is 4.79 Å². The van der Waals surface area contributed by atoms with Crippen LogP contribution in [-0.2, 0) is 0 Å². The molecule has 3 nitrogen and oxygen atoms in total. The number of carbonyl (C=O) groups excluding carboxylic acids is 1. The number of nitrogens with one attached hydrogen (secondary N) is 1. The summed E-state index contributed by atoms with van der Waals surface area (Å²) in [6, 6.07) is 3.20. The second-order valence-electron chi connectivity index (χ2n) is 5.22. The zero-order chi connectivity index (χ0) is 14.8. The van der Waals surface area contributed by atoms with Crippen molar-refractivity contribution in [2.75, 3.05) is 6.54 Å². The maximum Gasteiger partial charge on any atom is 0.252 e. The Morgan fingerprint density at radius 3 is 2.60 bits per heavy atom. The molecule has 0 heterocycles. The van der Waals surface area contributed by atoms with Gasteiger partial charge >= 0.3 is 0 Å². The van der Waals surface area contributed by atoms with Gasteiger partial charge in [-0.1, -0.05) is 42.5 Å². The van der Waals surface area contributed by atoms with Crippen LogP contribution in [0.5, 0.6) is 0 Å². The van der Waals surface area contributed by atoms with Crippen LogP contribution in [0.1, 0.15) is 42.5 Å². The van der Waals surface area contributed by atoms with Gasteiger partial charge in [0.15, 0.2) is 0 Å². The molecule has 1 saturated carbocycles. The minimum Gasteiger partial charge on any atom is -0.388 e. The van der Waals surface area contributed by atoms with Gasteiger partial charge in [0.1, 0.15) is 0 Å². The Morgan fingerprint density at radius 2 is 1.95 bits per heavy atom. The Morgan fingerprint density at radius 1 is 1.30 bits per heavy atom. The number of amides is 1. The van der Waals surface area contributed by atoms with Gasteiger partial charge in [0.2, 0.25) is 0 Å². The third-order valence-corrected chi connectivity index (χ3v) is 5.60. The summed E-state index contributed by atoms with van der Waals surface area (Å²) in [6.45, 7) is 0.270. The number of rotatable bonds is 3. The van der Waals surface area contributed by atoms with Crippen molar-refractivity contribution < 1.29 is 9.90 Å². The van der Waals surface area contributed by atoms with E-state index in [1.54, 1.807) is 12.1 Å². The quantitative estimate of drug-likeness (QED) is 0.565. The zero-order valence-corrected chi connectivity index (χ0v) is 14.6. The molecule has 6 heteroatoms. The fourth-order valence-electron chi connectivity index (χ4n) is 2.45. The Kier molecular flexibility index (Phi) is 5.56. The maximum absolute atomic E-state index is 12.2. The molecular formula is C14H16Cl2INO2. The van der Waals surface area contributed by atoms with Gasteiger partial charge < -0.3 is 10.4 Å². The van der Waals surface area contributed by atoms with Crippen LogP contribution in [0.3, 0.4) is 0 Å². The Labute approximate surface area is 142 Å². The van der Waals surface area contributed by atoms with Gasteiger partial charge in [-0.15, -0.1) is 0 Å². The first-order valence-electron chi connectivity index (χ1n) is 6.56. The molecule has 1 aromatic carbocycles. The van der Waals surface area contributed by atoms with Crippen LogP contribution >= 0.6 is 45.8 Å². The van der Waals surface area contributed by atoms with Crippen LogP contribution in [0.15, 0.2) is 12.1 Å². The lowest BCUT2D eigenvalue weighted by molar-refractivity contribution is 0.00525. The highest BCUT2D eigenvalue weighted by Gasteiger charge is 2.29. The predicted molar refractivity (Wildman–Crippen MR) is 89.5 cm³/mol. The van der Waals surface area contributed by atoms with E-state index < -0.39 is 5.60 Å². The van der Waals surface area contributed by atoms with E-state index in [-0.39, 0.29) is 12.5 Å². The van der Waals surface area contributed by atoms with Crippen molar-refractivity contribution in [3.05, 3.63) is 31.3 Å². The van der Waals surface area contributed by atoms with Crippen molar-refractivity contribution in [3.63, 3.8) is 0 Å². The molecular weight excluding hydrogens is 412 g/mol. The number of aliphatic hydroxyl groups is 1. The molecule has 1 fully saturated rings. The topological polar surface area (TPSA) is 49.3 Å². The first-order valence-corrected chi connectivity index (χ1v) is 8.40. The van der Waals surface area contributed by atoms with Crippen LogP contribution in [0.25, 0.3) is 0 Å². The normalized spacial score (nSPS) is 17.8. The Bertz CT molecular complexity index is 516. The third-order valence-electron chi connectivity index (χ3n) is 3.60. The molecule has 0 unspecified atom stereocenters. The van der Waals surface area contributed by atoms with Crippen molar-refractivity contribution in [2.24, 2.45) is 0 Å². The molecule has 1 aliphatic rings. The number of hydrogen-bond acceptors (Lipinski definition) is 2. The fraction of sp³-hybridized carbons (Fsp3) is 0.500. The minimum absolute atomic E-state index is 0.252. The van der Waals surface area contributed by atoms with Crippen molar-refractivity contribution >= 4 is 51.7 Å². The molecule has 1 aliphatic carbocycles. The molecule has 20 heavy (non-hydrogen) atoms. The molecule has 0 bridgehead atoms. The molecule has 0 spiro atoms. The van der Waals surface area contributed by atoms with E-state index in [1.165, 1.54) is 0 Å². The summed E-state index contributed by atoms with van der Waals surface area (Å²) in [4.78, 5) is 12.2. The highest BCUT2D eigenvalue weighted by atomic mass is 127. The summed E-state index contributed by atoms with van der Waals surface area (Å²) in [6.07, 6.45) is 4.64. The van der Waals surface area contributed by atoms with Crippen molar-refractivity contribution in [1.82, 2.24) is 5.32 Å². The van der Waals surface area contributed by atoms with Crippen LogP contribution in [0.2, 0.25) is 10.0 Å². The number of halogens is 3. The van der Waals surface area contributed by atoms with Crippen molar-refractivity contribution in [3.8, 4) is 0 Å². The molecule has 0 aliphatic heterocycles. The summed E-state index contributed by atoms with van der Waals surface area (Å²) >= 11 is 14.0. The molecule has 110 valence electrons. The molecule has 0 saturated heterocycles. The summed E-state index contributed by atoms with van der Waals surface area (Å²) in [5, 5.41) is 14.1.